The summed E-state index contributed by atoms with van der Waals surface area (Å²) in [4.78, 5) is 1.75. The van der Waals surface area contributed by atoms with Crippen molar-refractivity contribution in [2.75, 3.05) is 6.54 Å². The summed E-state index contributed by atoms with van der Waals surface area (Å²) >= 11 is 0. The minimum absolute atomic E-state index is 0.716. The molecule has 4 nitrogen and oxygen atoms in total. The summed E-state index contributed by atoms with van der Waals surface area (Å²) in [5.74, 6) is 0. The largest absolute Gasteiger partial charge is 0.306 e. The van der Waals surface area contributed by atoms with Crippen molar-refractivity contribution in [1.82, 2.24) is 15.1 Å². The van der Waals surface area contributed by atoms with E-state index in [-0.39, 0.29) is 0 Å². The van der Waals surface area contributed by atoms with Crippen LogP contribution in [0.2, 0.25) is 0 Å². The minimum atomic E-state index is 0.716. The number of hydrogen-bond acceptors (Lipinski definition) is 3. The SMILES string of the molecule is Cc1n[nH]c2c1CN(C#N)CC2. The maximum atomic E-state index is 8.69. The topological polar surface area (TPSA) is 55.7 Å². The monoisotopic (exact) mass is 162 g/mol. The molecule has 0 bridgehead atoms. The van der Waals surface area contributed by atoms with E-state index in [1.165, 1.54) is 11.3 Å². The first-order chi connectivity index (χ1) is 5.81. The van der Waals surface area contributed by atoms with Gasteiger partial charge in [-0.15, -0.1) is 0 Å². The highest BCUT2D eigenvalue weighted by atomic mass is 15.2. The van der Waals surface area contributed by atoms with Crippen LogP contribution in [-0.4, -0.2) is 21.6 Å². The number of nitriles is 1. The van der Waals surface area contributed by atoms with Gasteiger partial charge in [-0.25, -0.2) is 0 Å². The molecule has 0 atom stereocenters. The van der Waals surface area contributed by atoms with E-state index in [0.29, 0.717) is 6.54 Å². The van der Waals surface area contributed by atoms with Crippen LogP contribution in [0.25, 0.3) is 0 Å². The Morgan fingerprint density at radius 1 is 1.67 bits per heavy atom. The first-order valence-electron chi connectivity index (χ1n) is 3.98. The van der Waals surface area contributed by atoms with Crippen LogP contribution in [-0.2, 0) is 13.0 Å². The molecule has 0 amide bonds. The molecule has 0 radical (unpaired) electrons. The Balaban J connectivity index is 2.33. The summed E-state index contributed by atoms with van der Waals surface area (Å²) in [5, 5.41) is 15.8. The molecule has 0 saturated heterocycles. The average Bonchev–Trinajstić information content (AvgIpc) is 2.47. The number of rotatable bonds is 0. The van der Waals surface area contributed by atoms with Gasteiger partial charge >= 0.3 is 0 Å². The molecule has 0 fully saturated rings. The summed E-state index contributed by atoms with van der Waals surface area (Å²) < 4.78 is 0. The molecule has 1 N–H and O–H groups in total. The zero-order valence-electron chi connectivity index (χ0n) is 6.96. The van der Waals surface area contributed by atoms with Crippen molar-refractivity contribution in [2.45, 2.75) is 19.9 Å². The van der Waals surface area contributed by atoms with Gasteiger partial charge in [-0.2, -0.15) is 10.4 Å². The summed E-state index contributed by atoms with van der Waals surface area (Å²) in [5.41, 5.74) is 3.41. The zero-order chi connectivity index (χ0) is 8.55. The van der Waals surface area contributed by atoms with Crippen LogP contribution in [0.4, 0.5) is 0 Å². The molecule has 0 unspecified atom stereocenters. The van der Waals surface area contributed by atoms with E-state index in [1.54, 1.807) is 4.90 Å². The molecule has 1 aliphatic heterocycles. The maximum Gasteiger partial charge on any atom is 0.179 e. The second-order valence-corrected chi connectivity index (χ2v) is 3.04. The summed E-state index contributed by atoms with van der Waals surface area (Å²) in [6, 6.07) is 0. The molecule has 0 spiro atoms. The van der Waals surface area contributed by atoms with Crippen molar-refractivity contribution in [2.24, 2.45) is 0 Å². The molecular weight excluding hydrogens is 152 g/mol. The van der Waals surface area contributed by atoms with Crippen LogP contribution in [0.5, 0.6) is 0 Å². The second-order valence-electron chi connectivity index (χ2n) is 3.04. The van der Waals surface area contributed by atoms with E-state index in [9.17, 15) is 0 Å². The summed E-state index contributed by atoms with van der Waals surface area (Å²) in [6.45, 7) is 3.50. The fourth-order valence-electron chi connectivity index (χ4n) is 1.52. The molecule has 2 heterocycles. The number of nitrogens with one attached hydrogen (secondary N) is 1. The molecule has 12 heavy (non-hydrogen) atoms. The molecule has 2 rings (SSSR count). The van der Waals surface area contributed by atoms with Crippen molar-refractivity contribution < 1.29 is 0 Å². The van der Waals surface area contributed by atoms with Crippen molar-refractivity contribution in [1.29, 1.82) is 5.26 Å². The van der Waals surface area contributed by atoms with Gasteiger partial charge in [0.15, 0.2) is 6.19 Å². The Labute approximate surface area is 70.8 Å². The Morgan fingerprint density at radius 2 is 2.50 bits per heavy atom. The highest BCUT2D eigenvalue weighted by Gasteiger charge is 2.18. The standard InChI is InChI=1S/C8H10N4/c1-6-7-4-12(5-9)3-2-8(7)11-10-6/h2-4H2,1H3,(H,10,11). The predicted molar refractivity (Wildman–Crippen MR) is 43.1 cm³/mol. The molecule has 62 valence electrons. The summed E-state index contributed by atoms with van der Waals surface area (Å²) in [7, 11) is 0. The lowest BCUT2D eigenvalue weighted by molar-refractivity contribution is 0.366. The molecule has 4 heteroatoms. The van der Waals surface area contributed by atoms with Gasteiger partial charge in [0, 0.05) is 24.2 Å². The van der Waals surface area contributed by atoms with Gasteiger partial charge in [0.2, 0.25) is 0 Å². The van der Waals surface area contributed by atoms with Crippen molar-refractivity contribution in [3.63, 3.8) is 0 Å². The third-order valence-corrected chi connectivity index (χ3v) is 2.28. The average molecular weight is 162 g/mol. The lowest BCUT2D eigenvalue weighted by Crippen LogP contribution is -2.25. The molecule has 1 aromatic heterocycles. The van der Waals surface area contributed by atoms with Crippen LogP contribution < -0.4 is 0 Å². The lowest BCUT2D eigenvalue weighted by Gasteiger charge is -2.20. The smallest absolute Gasteiger partial charge is 0.179 e. The van der Waals surface area contributed by atoms with E-state index in [4.69, 9.17) is 5.26 Å². The maximum absolute atomic E-state index is 8.69. The fraction of sp³-hybridized carbons (Fsp3) is 0.500. The Hall–Kier alpha value is -1.50. The van der Waals surface area contributed by atoms with Gasteiger partial charge in [-0.1, -0.05) is 0 Å². The Morgan fingerprint density at radius 3 is 3.25 bits per heavy atom. The molecule has 1 aromatic rings. The van der Waals surface area contributed by atoms with Gasteiger partial charge in [0.1, 0.15) is 0 Å². The quantitative estimate of drug-likeness (QED) is 0.567. The lowest BCUT2D eigenvalue weighted by atomic mass is 10.1. The van der Waals surface area contributed by atoms with E-state index < -0.39 is 0 Å². The van der Waals surface area contributed by atoms with Crippen molar-refractivity contribution in [3.8, 4) is 6.19 Å². The Kier molecular flexibility index (Phi) is 1.51. The molecule has 0 aromatic carbocycles. The van der Waals surface area contributed by atoms with E-state index >= 15 is 0 Å². The van der Waals surface area contributed by atoms with Gasteiger partial charge < -0.3 is 4.90 Å². The van der Waals surface area contributed by atoms with Crippen LogP contribution in [0.3, 0.4) is 0 Å². The Bertz CT molecular complexity index is 333. The number of aromatic nitrogens is 2. The highest BCUT2D eigenvalue weighted by Crippen LogP contribution is 2.18. The van der Waals surface area contributed by atoms with Crippen LogP contribution in [0.1, 0.15) is 17.0 Å². The van der Waals surface area contributed by atoms with E-state index in [2.05, 4.69) is 16.4 Å². The van der Waals surface area contributed by atoms with E-state index in [1.807, 2.05) is 6.92 Å². The van der Waals surface area contributed by atoms with Crippen LogP contribution in [0.15, 0.2) is 0 Å². The number of aryl methyl sites for hydroxylation is 1. The minimum Gasteiger partial charge on any atom is -0.306 e. The third kappa shape index (κ3) is 0.944. The molecule has 1 aliphatic rings. The van der Waals surface area contributed by atoms with Crippen LogP contribution >= 0.6 is 0 Å². The van der Waals surface area contributed by atoms with Gasteiger partial charge in [0.05, 0.1) is 12.2 Å². The molecule has 0 saturated carbocycles. The molecule has 0 aliphatic carbocycles. The van der Waals surface area contributed by atoms with Crippen LogP contribution in [0, 0.1) is 18.4 Å². The predicted octanol–water partition coefficient (Wildman–Crippen LogP) is 0.557. The fourth-order valence-corrected chi connectivity index (χ4v) is 1.52. The molecular formula is C8H10N4. The van der Waals surface area contributed by atoms with Gasteiger partial charge in [0.25, 0.3) is 0 Å². The van der Waals surface area contributed by atoms with E-state index in [0.717, 1.165) is 18.7 Å². The normalized spacial score (nSPS) is 15.5. The highest BCUT2D eigenvalue weighted by molar-refractivity contribution is 5.27. The zero-order valence-corrected chi connectivity index (χ0v) is 6.96. The third-order valence-electron chi connectivity index (χ3n) is 2.28. The van der Waals surface area contributed by atoms with Gasteiger partial charge in [-0.3, -0.25) is 5.10 Å². The number of nitrogens with zero attached hydrogens (tertiary/aromatic N) is 3. The first-order valence-corrected chi connectivity index (χ1v) is 3.98. The number of fused-ring (bicyclic) bond motifs is 1. The van der Waals surface area contributed by atoms with Crippen molar-refractivity contribution >= 4 is 0 Å². The second kappa shape index (κ2) is 2.52. The summed E-state index contributed by atoms with van der Waals surface area (Å²) in [6.07, 6.45) is 3.06. The number of aromatic amines is 1. The van der Waals surface area contributed by atoms with Crippen molar-refractivity contribution in [3.05, 3.63) is 17.0 Å². The van der Waals surface area contributed by atoms with Gasteiger partial charge in [-0.05, 0) is 6.92 Å². The number of H-pyrrole nitrogens is 1. The first kappa shape index (κ1) is 7.17. The number of hydrogen-bond donors (Lipinski definition) is 1.